The van der Waals surface area contributed by atoms with Gasteiger partial charge < -0.3 is 10.1 Å². The number of carbonyl (C=O) groups excluding carboxylic acids is 2. The Bertz CT molecular complexity index is 1020. The Kier molecular flexibility index (Phi) is 6.64. The lowest BCUT2D eigenvalue weighted by atomic mass is 10.2. The number of hydrogen-bond donors (Lipinski definition) is 2. The van der Waals surface area contributed by atoms with Gasteiger partial charge in [0.2, 0.25) is 10.0 Å². The van der Waals surface area contributed by atoms with Gasteiger partial charge in [-0.3, -0.25) is 14.3 Å². The minimum atomic E-state index is -4.72. The Morgan fingerprint density at radius 3 is 2.52 bits per heavy atom. The Labute approximate surface area is 163 Å². The number of nitrogens with one attached hydrogen (secondary N) is 2. The van der Waals surface area contributed by atoms with Crippen LogP contribution >= 0.6 is 0 Å². The fourth-order valence-corrected chi connectivity index (χ4v) is 3.19. The van der Waals surface area contributed by atoms with E-state index in [0.717, 1.165) is 18.2 Å². The van der Waals surface area contributed by atoms with E-state index in [-0.39, 0.29) is 0 Å². The van der Waals surface area contributed by atoms with Crippen molar-refractivity contribution in [3.05, 3.63) is 41.6 Å². The molecule has 1 aromatic heterocycles. The molecule has 1 heterocycles. The third-order valence-electron chi connectivity index (χ3n) is 3.51. The zero-order chi connectivity index (χ0) is 21.8. The molecular weight excluding hydrogens is 417 g/mol. The second kappa shape index (κ2) is 8.61. The van der Waals surface area contributed by atoms with Crippen molar-refractivity contribution < 1.29 is 35.9 Å². The smallest absolute Gasteiger partial charge is 0.416 e. The van der Waals surface area contributed by atoms with Gasteiger partial charge >= 0.3 is 12.1 Å². The first-order chi connectivity index (χ1) is 13.4. The van der Waals surface area contributed by atoms with Gasteiger partial charge in [-0.1, -0.05) is 6.07 Å². The van der Waals surface area contributed by atoms with E-state index in [0.29, 0.717) is 17.6 Å². The summed E-state index contributed by atoms with van der Waals surface area (Å²) in [6.07, 6.45) is -4.72. The highest BCUT2D eigenvalue weighted by Gasteiger charge is 2.31. The third-order valence-corrected chi connectivity index (χ3v) is 4.91. The minimum absolute atomic E-state index is 0.369. The van der Waals surface area contributed by atoms with E-state index in [2.05, 4.69) is 15.2 Å². The summed E-state index contributed by atoms with van der Waals surface area (Å²) in [6, 6.07) is 4.63. The number of esters is 1. The number of carbonyl (C=O) groups is 2. The van der Waals surface area contributed by atoms with Crippen molar-refractivity contribution in [2.24, 2.45) is 7.05 Å². The Balaban J connectivity index is 1.88. The maximum atomic E-state index is 12.7. The Morgan fingerprint density at radius 1 is 1.24 bits per heavy atom. The van der Waals surface area contributed by atoms with Gasteiger partial charge in [0.1, 0.15) is 12.4 Å². The molecule has 0 unspecified atom stereocenters. The van der Waals surface area contributed by atoms with E-state index >= 15 is 0 Å². The zero-order valence-electron chi connectivity index (χ0n) is 15.3. The van der Waals surface area contributed by atoms with Crippen molar-refractivity contribution in [2.45, 2.75) is 18.0 Å². The Morgan fingerprint density at radius 2 is 1.93 bits per heavy atom. The van der Waals surface area contributed by atoms with Crippen LogP contribution in [-0.2, 0) is 37.6 Å². The molecule has 29 heavy (non-hydrogen) atoms. The van der Waals surface area contributed by atoms with Crippen LogP contribution in [0.4, 0.5) is 19.0 Å². The molecular formula is C16H17F3N4O5S. The first-order valence-corrected chi connectivity index (χ1v) is 9.50. The number of ether oxygens (including phenoxy) is 1. The van der Waals surface area contributed by atoms with E-state index < -0.39 is 51.7 Å². The standard InChI is InChI=1S/C16H17F3N4O5S/c1-10-6-13(23(2)22-10)21-14(24)9-28-15(25)8-20-29(26,27)12-5-3-4-11(7-12)16(17,18)19/h3-7,20H,8-9H2,1-2H3,(H,21,24). The molecule has 0 fully saturated rings. The second-order valence-corrected chi connectivity index (χ2v) is 7.62. The normalized spacial score (nSPS) is 11.9. The molecule has 0 aliphatic rings. The molecule has 0 spiro atoms. The zero-order valence-corrected chi connectivity index (χ0v) is 16.1. The summed E-state index contributed by atoms with van der Waals surface area (Å²) in [6.45, 7) is 0.164. The number of hydrogen-bond acceptors (Lipinski definition) is 6. The summed E-state index contributed by atoms with van der Waals surface area (Å²) in [5.74, 6) is -1.40. The number of anilines is 1. The van der Waals surface area contributed by atoms with Crippen LogP contribution in [0.15, 0.2) is 35.2 Å². The maximum absolute atomic E-state index is 12.7. The van der Waals surface area contributed by atoms with Crippen molar-refractivity contribution in [1.29, 1.82) is 0 Å². The van der Waals surface area contributed by atoms with E-state index in [4.69, 9.17) is 0 Å². The molecule has 0 atom stereocenters. The van der Waals surface area contributed by atoms with Crippen molar-refractivity contribution in [1.82, 2.24) is 14.5 Å². The van der Waals surface area contributed by atoms with Crippen molar-refractivity contribution in [3.63, 3.8) is 0 Å². The molecule has 0 aliphatic heterocycles. The lowest BCUT2D eigenvalue weighted by Gasteiger charge is -2.10. The molecule has 1 aromatic carbocycles. The first kappa shape index (κ1) is 22.4. The average molecular weight is 434 g/mol. The molecule has 9 nitrogen and oxygen atoms in total. The van der Waals surface area contributed by atoms with Gasteiger partial charge in [0, 0.05) is 13.1 Å². The van der Waals surface area contributed by atoms with Crippen LogP contribution < -0.4 is 10.0 Å². The van der Waals surface area contributed by atoms with Crippen LogP contribution in [-0.4, -0.2) is 43.2 Å². The van der Waals surface area contributed by atoms with E-state index in [1.54, 1.807) is 20.0 Å². The highest BCUT2D eigenvalue weighted by molar-refractivity contribution is 7.89. The largest absolute Gasteiger partial charge is 0.455 e. The fourth-order valence-electron chi connectivity index (χ4n) is 2.18. The molecule has 0 saturated carbocycles. The monoisotopic (exact) mass is 434 g/mol. The summed E-state index contributed by atoms with van der Waals surface area (Å²) in [5.41, 5.74) is -0.492. The molecule has 1 amide bonds. The summed E-state index contributed by atoms with van der Waals surface area (Å²) < 4.78 is 70.1. The van der Waals surface area contributed by atoms with Crippen LogP contribution in [0, 0.1) is 6.92 Å². The van der Waals surface area contributed by atoms with Gasteiger partial charge in [-0.25, -0.2) is 8.42 Å². The third kappa shape index (κ3) is 6.29. The van der Waals surface area contributed by atoms with Crippen LogP contribution in [0.25, 0.3) is 0 Å². The molecule has 2 rings (SSSR count). The van der Waals surface area contributed by atoms with Crippen LogP contribution in [0.3, 0.4) is 0 Å². The lowest BCUT2D eigenvalue weighted by Crippen LogP contribution is -2.32. The first-order valence-electron chi connectivity index (χ1n) is 8.01. The summed E-state index contributed by atoms with van der Waals surface area (Å²) in [4.78, 5) is 22.7. The van der Waals surface area contributed by atoms with Gasteiger partial charge in [-0.15, -0.1) is 0 Å². The van der Waals surface area contributed by atoms with Crippen molar-refractivity contribution >= 4 is 27.7 Å². The molecule has 158 valence electrons. The molecule has 0 aliphatic carbocycles. The highest BCUT2D eigenvalue weighted by Crippen LogP contribution is 2.30. The average Bonchev–Trinajstić information content (AvgIpc) is 2.94. The van der Waals surface area contributed by atoms with E-state index in [9.17, 15) is 31.2 Å². The maximum Gasteiger partial charge on any atom is 0.416 e. The topological polar surface area (TPSA) is 119 Å². The van der Waals surface area contributed by atoms with Crippen molar-refractivity contribution in [2.75, 3.05) is 18.5 Å². The van der Waals surface area contributed by atoms with Gasteiger partial charge in [0.25, 0.3) is 5.91 Å². The number of sulfonamides is 1. The minimum Gasteiger partial charge on any atom is -0.455 e. The van der Waals surface area contributed by atoms with Gasteiger partial charge in [-0.05, 0) is 25.1 Å². The predicted octanol–water partition coefficient (Wildman–Crippen LogP) is 1.21. The summed E-state index contributed by atoms with van der Waals surface area (Å²) >= 11 is 0. The molecule has 2 N–H and O–H groups in total. The molecule has 2 aromatic rings. The summed E-state index contributed by atoms with van der Waals surface area (Å²) in [7, 11) is -2.80. The predicted molar refractivity (Wildman–Crippen MR) is 94.2 cm³/mol. The summed E-state index contributed by atoms with van der Waals surface area (Å²) in [5, 5.41) is 6.46. The number of halogens is 3. The van der Waals surface area contributed by atoms with Gasteiger partial charge in [0.05, 0.1) is 16.2 Å². The second-order valence-electron chi connectivity index (χ2n) is 5.85. The van der Waals surface area contributed by atoms with Crippen LogP contribution in [0.2, 0.25) is 0 Å². The van der Waals surface area contributed by atoms with E-state index in [1.165, 1.54) is 4.68 Å². The number of aromatic nitrogens is 2. The Hall–Kier alpha value is -2.93. The molecule has 0 saturated heterocycles. The molecule has 13 heteroatoms. The quantitative estimate of drug-likeness (QED) is 0.633. The van der Waals surface area contributed by atoms with Crippen molar-refractivity contribution in [3.8, 4) is 0 Å². The number of alkyl halides is 3. The molecule has 0 bridgehead atoms. The fraction of sp³-hybridized carbons (Fsp3) is 0.312. The SMILES string of the molecule is Cc1cc(NC(=O)COC(=O)CNS(=O)(=O)c2cccc(C(F)(F)F)c2)n(C)n1. The molecule has 0 radical (unpaired) electrons. The van der Waals surface area contributed by atoms with Crippen LogP contribution in [0.5, 0.6) is 0 Å². The number of amides is 1. The number of nitrogens with zero attached hydrogens (tertiary/aromatic N) is 2. The number of aryl methyl sites for hydroxylation is 2. The number of benzene rings is 1. The van der Waals surface area contributed by atoms with E-state index in [1.807, 2.05) is 4.72 Å². The number of rotatable bonds is 7. The highest BCUT2D eigenvalue weighted by atomic mass is 32.2. The van der Waals surface area contributed by atoms with Gasteiger partial charge in [0.15, 0.2) is 6.61 Å². The van der Waals surface area contributed by atoms with Gasteiger partial charge in [-0.2, -0.15) is 23.0 Å². The van der Waals surface area contributed by atoms with Crippen LogP contribution in [0.1, 0.15) is 11.3 Å². The lowest BCUT2D eigenvalue weighted by molar-refractivity contribution is -0.146.